The van der Waals surface area contributed by atoms with E-state index in [9.17, 15) is 4.57 Å². The van der Waals surface area contributed by atoms with Crippen molar-refractivity contribution in [2.75, 3.05) is 0 Å². The first-order valence-electron chi connectivity index (χ1n) is 4.07. The molecule has 0 fully saturated rings. The molecule has 0 saturated carbocycles. The molecule has 1 aromatic rings. The minimum atomic E-state index is -2.90. The van der Waals surface area contributed by atoms with Gasteiger partial charge in [0.1, 0.15) is 0 Å². The third kappa shape index (κ3) is 3.75. The quantitative estimate of drug-likeness (QED) is 0.588. The molecule has 0 aromatic heterocycles. The number of benzene rings is 1. The van der Waals surface area contributed by atoms with Crippen LogP contribution in [-0.2, 0) is 9.09 Å². The van der Waals surface area contributed by atoms with E-state index < -0.39 is 8.25 Å². The highest BCUT2D eigenvalue weighted by atomic mass is 31.1. The Morgan fingerprint density at radius 1 is 1.43 bits per heavy atom. The molecule has 1 aromatic carbocycles. The molecule has 5 heteroatoms. The second-order valence-electron chi connectivity index (χ2n) is 2.65. The van der Waals surface area contributed by atoms with Gasteiger partial charge in [-0.1, -0.05) is 30.3 Å². The second kappa shape index (κ2) is 5.60. The molecular formula is C9H12NO3P. The first-order valence-corrected chi connectivity index (χ1v) is 5.33. The van der Waals surface area contributed by atoms with Crippen LogP contribution in [0.4, 0.5) is 0 Å². The van der Waals surface area contributed by atoms with Crippen LogP contribution in [0, 0.1) is 0 Å². The van der Waals surface area contributed by atoms with Crippen molar-refractivity contribution < 1.29 is 14.0 Å². The third-order valence-electron chi connectivity index (χ3n) is 1.64. The molecule has 0 aliphatic rings. The van der Waals surface area contributed by atoms with Crippen molar-refractivity contribution in [2.24, 2.45) is 5.73 Å². The van der Waals surface area contributed by atoms with E-state index in [1.807, 2.05) is 30.3 Å². The highest BCUT2D eigenvalue weighted by molar-refractivity contribution is 7.32. The van der Waals surface area contributed by atoms with E-state index in [1.165, 1.54) is 6.08 Å². The lowest BCUT2D eigenvalue weighted by Gasteiger charge is -2.05. The van der Waals surface area contributed by atoms with Crippen LogP contribution in [0.5, 0.6) is 0 Å². The van der Waals surface area contributed by atoms with Crippen molar-refractivity contribution in [3.63, 3.8) is 0 Å². The molecule has 3 N–H and O–H groups in total. The molecule has 1 rings (SSSR count). The topological polar surface area (TPSA) is 72.5 Å². The Morgan fingerprint density at radius 3 is 2.64 bits per heavy atom. The molecule has 0 amide bonds. The summed E-state index contributed by atoms with van der Waals surface area (Å²) in [5, 5.41) is 0. The summed E-state index contributed by atoms with van der Waals surface area (Å²) in [6, 6.07) is 9.06. The summed E-state index contributed by atoms with van der Waals surface area (Å²) in [6.07, 6.45) is 2.67. The number of hydrogen-bond donors (Lipinski definition) is 2. The summed E-state index contributed by atoms with van der Waals surface area (Å²) < 4.78 is 14.6. The monoisotopic (exact) mass is 213 g/mol. The molecule has 0 aliphatic heterocycles. The zero-order valence-electron chi connectivity index (χ0n) is 7.46. The van der Waals surface area contributed by atoms with Crippen molar-refractivity contribution in [3.05, 3.63) is 48.2 Å². The summed E-state index contributed by atoms with van der Waals surface area (Å²) in [7, 11) is -2.90. The van der Waals surface area contributed by atoms with E-state index in [4.69, 9.17) is 10.6 Å². The second-order valence-corrected chi connectivity index (χ2v) is 3.42. The van der Waals surface area contributed by atoms with Crippen molar-refractivity contribution in [1.82, 2.24) is 0 Å². The van der Waals surface area contributed by atoms with Crippen molar-refractivity contribution >= 4 is 8.25 Å². The van der Waals surface area contributed by atoms with E-state index in [2.05, 4.69) is 4.52 Å². The Bertz CT molecular complexity index is 326. The van der Waals surface area contributed by atoms with Gasteiger partial charge in [0.25, 0.3) is 0 Å². The molecule has 76 valence electrons. The van der Waals surface area contributed by atoms with Crippen LogP contribution in [0.2, 0.25) is 0 Å². The van der Waals surface area contributed by atoms with Gasteiger partial charge in [0.05, 0.1) is 12.3 Å². The van der Waals surface area contributed by atoms with Crippen LogP contribution in [0.1, 0.15) is 11.6 Å². The molecule has 0 bridgehead atoms. The first-order chi connectivity index (χ1) is 6.70. The first kappa shape index (κ1) is 11.0. The highest BCUT2D eigenvalue weighted by Gasteiger charge is 1.99. The molecule has 14 heavy (non-hydrogen) atoms. The van der Waals surface area contributed by atoms with Crippen molar-refractivity contribution in [3.8, 4) is 0 Å². The lowest BCUT2D eigenvalue weighted by molar-refractivity contribution is 0.376. The van der Waals surface area contributed by atoms with Crippen LogP contribution in [0.25, 0.3) is 0 Å². The van der Waals surface area contributed by atoms with Gasteiger partial charge < -0.3 is 15.2 Å². The fraction of sp³-hybridized carbons (Fsp3) is 0.111. The maximum absolute atomic E-state index is 10.2. The average molecular weight is 213 g/mol. The zero-order chi connectivity index (χ0) is 10.4. The van der Waals surface area contributed by atoms with Gasteiger partial charge >= 0.3 is 8.25 Å². The fourth-order valence-corrected chi connectivity index (χ4v) is 1.16. The van der Waals surface area contributed by atoms with E-state index in [0.29, 0.717) is 0 Å². The zero-order valence-corrected chi connectivity index (χ0v) is 8.46. The lowest BCUT2D eigenvalue weighted by atomic mass is 10.1. The van der Waals surface area contributed by atoms with E-state index >= 15 is 0 Å². The average Bonchev–Trinajstić information content (AvgIpc) is 2.18. The van der Waals surface area contributed by atoms with Gasteiger partial charge in [0, 0.05) is 0 Å². The Morgan fingerprint density at radius 2 is 2.07 bits per heavy atom. The minimum Gasteiger partial charge on any atom is -0.435 e. The van der Waals surface area contributed by atoms with Gasteiger partial charge in [-0.3, -0.25) is 0 Å². The lowest BCUT2D eigenvalue weighted by Crippen LogP contribution is -2.06. The van der Waals surface area contributed by atoms with Gasteiger partial charge in [-0.2, -0.15) is 0 Å². The maximum Gasteiger partial charge on any atom is 0.364 e. The summed E-state index contributed by atoms with van der Waals surface area (Å²) in [4.78, 5) is 8.37. The van der Waals surface area contributed by atoms with E-state index in [0.717, 1.165) is 11.8 Å². The molecule has 2 unspecified atom stereocenters. The third-order valence-corrected chi connectivity index (χ3v) is 1.98. The fourth-order valence-electron chi connectivity index (χ4n) is 0.969. The number of rotatable bonds is 4. The van der Waals surface area contributed by atoms with Crippen molar-refractivity contribution in [1.29, 1.82) is 0 Å². The Kier molecular flexibility index (Phi) is 4.40. The SMILES string of the molecule is NC(/C=C/O[PH](=O)O)c1ccccc1. The summed E-state index contributed by atoms with van der Waals surface area (Å²) in [5.74, 6) is 0. The molecule has 0 saturated heterocycles. The summed E-state index contributed by atoms with van der Waals surface area (Å²) >= 11 is 0. The largest absolute Gasteiger partial charge is 0.435 e. The van der Waals surface area contributed by atoms with Gasteiger partial charge in [0.2, 0.25) is 0 Å². The molecule has 2 atom stereocenters. The van der Waals surface area contributed by atoms with Gasteiger partial charge in [-0.25, -0.2) is 4.57 Å². The predicted octanol–water partition coefficient (Wildman–Crippen LogP) is 1.60. The number of hydrogen-bond acceptors (Lipinski definition) is 3. The highest BCUT2D eigenvalue weighted by Crippen LogP contribution is 2.16. The molecule has 4 nitrogen and oxygen atoms in total. The predicted molar refractivity (Wildman–Crippen MR) is 54.8 cm³/mol. The van der Waals surface area contributed by atoms with E-state index in [-0.39, 0.29) is 6.04 Å². The Balaban J connectivity index is 2.54. The van der Waals surface area contributed by atoms with Crippen LogP contribution in [0.15, 0.2) is 42.7 Å². The standard InChI is InChI=1S/C9H12NO3P/c10-9(6-7-13-14(11)12)8-4-2-1-3-5-8/h1-7,9,14H,10H2,(H,11,12)/b7-6+. The summed E-state index contributed by atoms with van der Waals surface area (Å²) in [5.41, 5.74) is 6.66. The normalized spacial score (nSPS) is 15.3. The van der Waals surface area contributed by atoms with Gasteiger partial charge in [-0.05, 0) is 11.6 Å². The van der Waals surface area contributed by atoms with Crippen molar-refractivity contribution in [2.45, 2.75) is 6.04 Å². The Hall–Kier alpha value is -1.09. The summed E-state index contributed by atoms with van der Waals surface area (Å²) in [6.45, 7) is 0. The molecular weight excluding hydrogens is 201 g/mol. The molecule has 0 spiro atoms. The van der Waals surface area contributed by atoms with Crippen LogP contribution < -0.4 is 5.73 Å². The number of nitrogens with two attached hydrogens (primary N) is 1. The maximum atomic E-state index is 10.2. The van der Waals surface area contributed by atoms with Crippen LogP contribution >= 0.6 is 8.25 Å². The Labute approximate surface area is 83.0 Å². The molecule has 0 heterocycles. The van der Waals surface area contributed by atoms with Gasteiger partial charge in [0.15, 0.2) is 0 Å². The van der Waals surface area contributed by atoms with Crippen LogP contribution in [0.3, 0.4) is 0 Å². The van der Waals surface area contributed by atoms with E-state index in [1.54, 1.807) is 0 Å². The molecule has 0 aliphatic carbocycles. The smallest absolute Gasteiger partial charge is 0.364 e. The minimum absolute atomic E-state index is 0.322. The molecule has 0 radical (unpaired) electrons. The van der Waals surface area contributed by atoms with Crippen LogP contribution in [-0.4, -0.2) is 4.89 Å². The van der Waals surface area contributed by atoms with Gasteiger partial charge in [-0.15, -0.1) is 0 Å².